The third kappa shape index (κ3) is 3.35. The molecule has 0 saturated carbocycles. The van der Waals surface area contributed by atoms with Gasteiger partial charge in [-0.3, -0.25) is 0 Å². The summed E-state index contributed by atoms with van der Waals surface area (Å²) in [6, 6.07) is 7.36. The molecule has 18 heavy (non-hydrogen) atoms. The van der Waals surface area contributed by atoms with Gasteiger partial charge in [0.25, 0.3) is 0 Å². The zero-order valence-corrected chi connectivity index (χ0v) is 13.8. The monoisotopic (exact) mass is 332 g/mol. The Balaban J connectivity index is 3.41. The Bertz CT molecular complexity index is 484. The molecule has 2 atom stereocenters. The van der Waals surface area contributed by atoms with Crippen LogP contribution in [0, 0.1) is 5.92 Å². The minimum absolute atomic E-state index is 0.144. The van der Waals surface area contributed by atoms with Crippen LogP contribution in [-0.4, -0.2) is 19.0 Å². The van der Waals surface area contributed by atoms with E-state index in [0.29, 0.717) is 10.8 Å². The van der Waals surface area contributed by atoms with Gasteiger partial charge in [-0.1, -0.05) is 61.8 Å². The molecule has 0 aromatic heterocycles. The topological polar surface area (TPSA) is 34.1 Å². The van der Waals surface area contributed by atoms with E-state index < -0.39 is 9.84 Å². The van der Waals surface area contributed by atoms with Crippen LogP contribution in [0.4, 0.5) is 0 Å². The van der Waals surface area contributed by atoms with Crippen LogP contribution in [0.1, 0.15) is 39.2 Å². The van der Waals surface area contributed by atoms with Crippen LogP contribution in [-0.2, 0) is 9.84 Å². The first-order valence-electron chi connectivity index (χ1n) is 6.27. The minimum atomic E-state index is -3.16. The second-order valence-electron chi connectivity index (χ2n) is 4.89. The Morgan fingerprint density at radius 2 is 1.72 bits per heavy atom. The van der Waals surface area contributed by atoms with E-state index in [1.54, 1.807) is 19.1 Å². The Morgan fingerprint density at radius 3 is 2.17 bits per heavy atom. The molecule has 2 nitrogen and oxygen atoms in total. The molecule has 4 heteroatoms. The number of hydrogen-bond acceptors (Lipinski definition) is 2. The molecule has 2 unspecified atom stereocenters. The van der Waals surface area contributed by atoms with Crippen molar-refractivity contribution in [3.8, 4) is 0 Å². The third-order valence-corrected chi connectivity index (χ3v) is 5.58. The molecule has 1 aromatic carbocycles. The predicted molar refractivity (Wildman–Crippen MR) is 80.1 cm³/mol. The van der Waals surface area contributed by atoms with Crippen molar-refractivity contribution in [2.75, 3.05) is 5.75 Å². The maximum atomic E-state index is 12.2. The lowest BCUT2D eigenvalue weighted by Gasteiger charge is -2.26. The third-order valence-electron chi connectivity index (χ3n) is 3.21. The summed E-state index contributed by atoms with van der Waals surface area (Å²) in [6.45, 7) is 8.00. The van der Waals surface area contributed by atoms with Crippen molar-refractivity contribution >= 4 is 25.8 Å². The van der Waals surface area contributed by atoms with Crippen LogP contribution in [0.25, 0.3) is 0 Å². The quantitative estimate of drug-likeness (QED) is 0.763. The van der Waals surface area contributed by atoms with Crippen molar-refractivity contribution in [3.63, 3.8) is 0 Å². The molecule has 0 radical (unpaired) electrons. The number of halogens is 1. The molecule has 0 amide bonds. The highest BCUT2D eigenvalue weighted by Gasteiger charge is 2.27. The normalized spacial score (nSPS) is 15.7. The maximum absolute atomic E-state index is 12.2. The van der Waals surface area contributed by atoms with Crippen molar-refractivity contribution in [2.24, 2.45) is 5.92 Å². The van der Waals surface area contributed by atoms with Gasteiger partial charge in [0.15, 0.2) is 9.84 Å². The van der Waals surface area contributed by atoms with Crippen molar-refractivity contribution in [1.82, 2.24) is 0 Å². The average Bonchev–Trinajstić information content (AvgIpc) is 2.28. The molecule has 0 saturated heterocycles. The van der Waals surface area contributed by atoms with Gasteiger partial charge in [0.2, 0.25) is 0 Å². The van der Waals surface area contributed by atoms with E-state index >= 15 is 0 Å². The van der Waals surface area contributed by atoms with Gasteiger partial charge in [-0.05, 0) is 23.5 Å². The van der Waals surface area contributed by atoms with Gasteiger partial charge in [0.1, 0.15) is 0 Å². The molecule has 0 aliphatic heterocycles. The second-order valence-corrected chi connectivity index (χ2v) is 8.58. The summed E-state index contributed by atoms with van der Waals surface area (Å²) in [5.41, 5.74) is 0.929. The number of alkyl halides is 1. The molecule has 0 N–H and O–H groups in total. The number of hydrogen-bond donors (Lipinski definition) is 0. The first-order valence-corrected chi connectivity index (χ1v) is 8.83. The van der Waals surface area contributed by atoms with Crippen molar-refractivity contribution in [2.45, 2.75) is 43.3 Å². The fourth-order valence-corrected chi connectivity index (χ4v) is 4.39. The smallest absolute Gasteiger partial charge is 0.178 e. The molecule has 1 aromatic rings. The number of sulfone groups is 1. The van der Waals surface area contributed by atoms with Crippen LogP contribution >= 0.6 is 15.9 Å². The SMILES string of the molecule is CCS(=O)(=O)c1ccccc1C(C(C)C)C(C)Br. The van der Waals surface area contributed by atoms with Gasteiger partial charge < -0.3 is 0 Å². The van der Waals surface area contributed by atoms with E-state index in [4.69, 9.17) is 0 Å². The van der Waals surface area contributed by atoms with Gasteiger partial charge in [-0.2, -0.15) is 0 Å². The average molecular weight is 333 g/mol. The molecule has 102 valence electrons. The highest BCUT2D eigenvalue weighted by atomic mass is 79.9. The van der Waals surface area contributed by atoms with Gasteiger partial charge in [-0.25, -0.2) is 8.42 Å². The fraction of sp³-hybridized carbons (Fsp3) is 0.571. The molecule has 1 rings (SSSR count). The van der Waals surface area contributed by atoms with Crippen molar-refractivity contribution in [1.29, 1.82) is 0 Å². The van der Waals surface area contributed by atoms with E-state index in [-0.39, 0.29) is 16.5 Å². The lowest BCUT2D eigenvalue weighted by molar-refractivity contribution is 0.490. The summed E-state index contributed by atoms with van der Waals surface area (Å²) in [4.78, 5) is 0.725. The van der Waals surface area contributed by atoms with Crippen LogP contribution in [0.5, 0.6) is 0 Å². The second kappa shape index (κ2) is 6.20. The van der Waals surface area contributed by atoms with Crippen LogP contribution in [0.3, 0.4) is 0 Å². The molecule has 0 aliphatic rings. The Hall–Kier alpha value is -0.350. The number of rotatable bonds is 5. The van der Waals surface area contributed by atoms with E-state index in [2.05, 4.69) is 36.7 Å². The first-order chi connectivity index (χ1) is 8.31. The van der Waals surface area contributed by atoms with Crippen molar-refractivity contribution in [3.05, 3.63) is 29.8 Å². The van der Waals surface area contributed by atoms with Crippen molar-refractivity contribution < 1.29 is 8.42 Å². The predicted octanol–water partition coefficient (Wildman–Crippen LogP) is 4.00. The highest BCUT2D eigenvalue weighted by molar-refractivity contribution is 9.09. The lowest BCUT2D eigenvalue weighted by atomic mass is 9.86. The van der Waals surface area contributed by atoms with Gasteiger partial charge >= 0.3 is 0 Å². The maximum Gasteiger partial charge on any atom is 0.178 e. The molecular formula is C14H21BrO2S. The van der Waals surface area contributed by atoms with Crippen LogP contribution in [0.15, 0.2) is 29.2 Å². The first kappa shape index (κ1) is 15.7. The Morgan fingerprint density at radius 1 is 1.17 bits per heavy atom. The van der Waals surface area contributed by atoms with Crippen LogP contribution < -0.4 is 0 Å². The molecule has 0 fully saturated rings. The zero-order valence-electron chi connectivity index (χ0n) is 11.4. The molecule has 0 heterocycles. The summed E-state index contributed by atoms with van der Waals surface area (Å²) in [5, 5.41) is 0. The standard InChI is InChI=1S/C14H21BrO2S/c1-5-18(16,17)13-9-7-6-8-12(13)14(10(2)3)11(4)15/h6-11,14H,5H2,1-4H3. The fourth-order valence-electron chi connectivity index (χ4n) is 2.33. The largest absolute Gasteiger partial charge is 0.224 e. The van der Waals surface area contributed by atoms with E-state index in [1.807, 2.05) is 12.1 Å². The van der Waals surface area contributed by atoms with E-state index in [1.165, 1.54) is 0 Å². The zero-order chi connectivity index (χ0) is 13.9. The summed E-state index contributed by atoms with van der Waals surface area (Å²) in [5.74, 6) is 0.723. The lowest BCUT2D eigenvalue weighted by Crippen LogP contribution is -2.19. The summed E-state index contributed by atoms with van der Waals surface area (Å²) in [6.07, 6.45) is 0. The summed E-state index contributed by atoms with van der Waals surface area (Å²) >= 11 is 3.61. The van der Waals surface area contributed by atoms with E-state index in [9.17, 15) is 8.42 Å². The summed E-state index contributed by atoms with van der Waals surface area (Å²) < 4.78 is 24.3. The van der Waals surface area contributed by atoms with Gasteiger partial charge in [0.05, 0.1) is 10.6 Å². The highest BCUT2D eigenvalue weighted by Crippen LogP contribution is 2.35. The minimum Gasteiger partial charge on any atom is -0.224 e. The molecular weight excluding hydrogens is 312 g/mol. The number of benzene rings is 1. The Kier molecular flexibility index (Phi) is 5.41. The molecule has 0 aliphatic carbocycles. The molecule has 0 spiro atoms. The van der Waals surface area contributed by atoms with Crippen LogP contribution in [0.2, 0.25) is 0 Å². The molecule has 0 bridgehead atoms. The van der Waals surface area contributed by atoms with Gasteiger partial charge in [-0.15, -0.1) is 0 Å². The van der Waals surface area contributed by atoms with E-state index in [0.717, 1.165) is 5.56 Å². The van der Waals surface area contributed by atoms with Gasteiger partial charge in [0, 0.05) is 4.83 Å². The summed E-state index contributed by atoms with van der Waals surface area (Å²) in [7, 11) is -3.16. The Labute approximate surface area is 119 Å².